The minimum atomic E-state index is -0.217. The van der Waals surface area contributed by atoms with Crippen LogP contribution in [0.15, 0.2) is 0 Å². The monoisotopic (exact) mass is 214 g/mol. The van der Waals surface area contributed by atoms with E-state index in [1.165, 1.54) is 12.8 Å². The summed E-state index contributed by atoms with van der Waals surface area (Å²) in [5.74, 6) is 0.671. The first-order valence-corrected chi connectivity index (χ1v) is 6.21. The van der Waals surface area contributed by atoms with E-state index in [-0.39, 0.29) is 6.10 Å². The average Bonchev–Trinajstić information content (AvgIpc) is 2.53. The predicted octanol–water partition coefficient (Wildman–Crippen LogP) is 1.08. The van der Waals surface area contributed by atoms with Crippen LogP contribution >= 0.6 is 0 Å². The maximum atomic E-state index is 9.45. The summed E-state index contributed by atoms with van der Waals surface area (Å²) in [5.41, 5.74) is 0. The highest BCUT2D eigenvalue weighted by atomic mass is 16.3. The van der Waals surface area contributed by atoms with Gasteiger partial charge in [0.2, 0.25) is 0 Å². The van der Waals surface area contributed by atoms with E-state index >= 15 is 0 Å². The van der Waals surface area contributed by atoms with Crippen molar-refractivity contribution >= 4 is 0 Å². The van der Waals surface area contributed by atoms with E-state index in [4.69, 9.17) is 0 Å². The Labute approximate surface area is 93.9 Å². The molecule has 90 valence electrons. The standard InChI is InChI=1S/C12H26N2O/c1-10(2)7-14(8-11(3)15)9-12-5-4-6-13-12/h10-13,15H,4-9H2,1-3H3/t11-,12?/m0/s1. The molecule has 3 heteroatoms. The summed E-state index contributed by atoms with van der Waals surface area (Å²) >= 11 is 0. The van der Waals surface area contributed by atoms with E-state index < -0.39 is 0 Å². The van der Waals surface area contributed by atoms with E-state index in [0.717, 1.165) is 26.2 Å². The molecule has 2 N–H and O–H groups in total. The van der Waals surface area contributed by atoms with Crippen molar-refractivity contribution in [1.82, 2.24) is 10.2 Å². The van der Waals surface area contributed by atoms with Crippen LogP contribution in [0.1, 0.15) is 33.6 Å². The molecule has 0 aliphatic carbocycles. The third-order valence-corrected chi connectivity index (χ3v) is 2.79. The lowest BCUT2D eigenvalue weighted by molar-refractivity contribution is 0.113. The smallest absolute Gasteiger partial charge is 0.0639 e. The van der Waals surface area contributed by atoms with Gasteiger partial charge >= 0.3 is 0 Å². The van der Waals surface area contributed by atoms with Gasteiger partial charge in [-0.05, 0) is 32.2 Å². The Morgan fingerprint density at radius 2 is 2.07 bits per heavy atom. The highest BCUT2D eigenvalue weighted by Gasteiger charge is 2.19. The highest BCUT2D eigenvalue weighted by Crippen LogP contribution is 2.09. The van der Waals surface area contributed by atoms with Crippen molar-refractivity contribution in [3.63, 3.8) is 0 Å². The Morgan fingerprint density at radius 1 is 1.33 bits per heavy atom. The summed E-state index contributed by atoms with van der Waals surface area (Å²) in [4.78, 5) is 2.39. The minimum absolute atomic E-state index is 0.217. The van der Waals surface area contributed by atoms with E-state index in [1.54, 1.807) is 0 Å². The molecule has 0 radical (unpaired) electrons. The second kappa shape index (κ2) is 6.46. The Balaban J connectivity index is 2.32. The molecule has 3 nitrogen and oxygen atoms in total. The van der Waals surface area contributed by atoms with E-state index in [1.807, 2.05) is 6.92 Å². The zero-order valence-electron chi connectivity index (χ0n) is 10.4. The second-order valence-corrected chi connectivity index (χ2v) is 5.25. The van der Waals surface area contributed by atoms with Crippen LogP contribution < -0.4 is 5.32 Å². The van der Waals surface area contributed by atoms with Gasteiger partial charge in [0.1, 0.15) is 0 Å². The van der Waals surface area contributed by atoms with Gasteiger partial charge in [0.15, 0.2) is 0 Å². The molecular formula is C12H26N2O. The lowest BCUT2D eigenvalue weighted by Crippen LogP contribution is -2.42. The van der Waals surface area contributed by atoms with Gasteiger partial charge in [-0.1, -0.05) is 13.8 Å². The zero-order valence-corrected chi connectivity index (χ0v) is 10.4. The van der Waals surface area contributed by atoms with Crippen molar-refractivity contribution in [1.29, 1.82) is 0 Å². The molecule has 2 atom stereocenters. The number of hydrogen-bond donors (Lipinski definition) is 2. The van der Waals surface area contributed by atoms with Gasteiger partial charge in [-0.2, -0.15) is 0 Å². The van der Waals surface area contributed by atoms with Crippen molar-refractivity contribution in [2.45, 2.75) is 45.8 Å². The average molecular weight is 214 g/mol. The number of rotatable bonds is 6. The lowest BCUT2D eigenvalue weighted by atomic mass is 10.1. The van der Waals surface area contributed by atoms with E-state index in [9.17, 15) is 5.11 Å². The molecule has 1 aliphatic heterocycles. The molecule has 1 aliphatic rings. The summed E-state index contributed by atoms with van der Waals surface area (Å²) < 4.78 is 0. The lowest BCUT2D eigenvalue weighted by Gasteiger charge is -2.28. The largest absolute Gasteiger partial charge is 0.392 e. The Morgan fingerprint density at radius 3 is 2.53 bits per heavy atom. The van der Waals surface area contributed by atoms with Gasteiger partial charge in [-0.3, -0.25) is 4.90 Å². The molecule has 0 bridgehead atoms. The Kier molecular flexibility index (Phi) is 5.58. The van der Waals surface area contributed by atoms with Crippen molar-refractivity contribution in [2.24, 2.45) is 5.92 Å². The number of nitrogens with one attached hydrogen (secondary N) is 1. The summed E-state index contributed by atoms with van der Waals surface area (Å²) in [6.07, 6.45) is 2.37. The van der Waals surface area contributed by atoms with Gasteiger partial charge in [-0.15, -0.1) is 0 Å². The van der Waals surface area contributed by atoms with Crippen molar-refractivity contribution in [3.05, 3.63) is 0 Å². The Hall–Kier alpha value is -0.120. The summed E-state index contributed by atoms with van der Waals surface area (Å²) in [6.45, 7) is 10.5. The zero-order chi connectivity index (χ0) is 11.3. The van der Waals surface area contributed by atoms with Crippen LogP contribution in [0.4, 0.5) is 0 Å². The first-order valence-electron chi connectivity index (χ1n) is 6.21. The SMILES string of the molecule is CC(C)CN(CC1CCCN1)C[C@H](C)O. The molecule has 1 heterocycles. The molecule has 15 heavy (non-hydrogen) atoms. The molecule has 0 aromatic rings. The summed E-state index contributed by atoms with van der Waals surface area (Å²) in [5, 5.41) is 13.0. The van der Waals surface area contributed by atoms with Crippen LogP contribution in [0.5, 0.6) is 0 Å². The quantitative estimate of drug-likeness (QED) is 0.694. The summed E-state index contributed by atoms with van der Waals surface area (Å²) in [6, 6.07) is 0.641. The van der Waals surface area contributed by atoms with Crippen molar-refractivity contribution < 1.29 is 5.11 Å². The third kappa shape index (κ3) is 5.50. The van der Waals surface area contributed by atoms with Crippen LogP contribution in [0.3, 0.4) is 0 Å². The molecule has 1 rings (SSSR count). The summed E-state index contributed by atoms with van der Waals surface area (Å²) in [7, 11) is 0. The minimum Gasteiger partial charge on any atom is -0.392 e. The van der Waals surface area contributed by atoms with Crippen LogP contribution in [0, 0.1) is 5.92 Å². The van der Waals surface area contributed by atoms with E-state index in [0.29, 0.717) is 12.0 Å². The molecule has 0 saturated carbocycles. The first kappa shape index (κ1) is 12.9. The van der Waals surface area contributed by atoms with Crippen LogP contribution in [-0.2, 0) is 0 Å². The van der Waals surface area contributed by atoms with Gasteiger partial charge in [0.25, 0.3) is 0 Å². The normalized spacial score (nSPS) is 24.0. The second-order valence-electron chi connectivity index (χ2n) is 5.25. The van der Waals surface area contributed by atoms with Gasteiger partial charge in [-0.25, -0.2) is 0 Å². The molecule has 0 amide bonds. The van der Waals surface area contributed by atoms with Crippen molar-refractivity contribution in [3.8, 4) is 0 Å². The molecule has 0 spiro atoms. The number of aliphatic hydroxyl groups excluding tert-OH is 1. The van der Waals surface area contributed by atoms with Crippen LogP contribution in [0.2, 0.25) is 0 Å². The molecule has 0 aromatic heterocycles. The number of aliphatic hydroxyl groups is 1. The molecule has 1 saturated heterocycles. The maximum Gasteiger partial charge on any atom is 0.0639 e. The fourth-order valence-corrected chi connectivity index (χ4v) is 2.34. The number of hydrogen-bond acceptors (Lipinski definition) is 3. The van der Waals surface area contributed by atoms with Crippen LogP contribution in [0.25, 0.3) is 0 Å². The maximum absolute atomic E-state index is 9.45. The van der Waals surface area contributed by atoms with Gasteiger partial charge < -0.3 is 10.4 Å². The fourth-order valence-electron chi connectivity index (χ4n) is 2.34. The number of nitrogens with zero attached hydrogens (tertiary/aromatic N) is 1. The van der Waals surface area contributed by atoms with Gasteiger partial charge in [0, 0.05) is 25.7 Å². The predicted molar refractivity (Wildman–Crippen MR) is 64.0 cm³/mol. The topological polar surface area (TPSA) is 35.5 Å². The highest BCUT2D eigenvalue weighted by molar-refractivity contribution is 4.78. The molecule has 1 unspecified atom stereocenters. The van der Waals surface area contributed by atoms with Crippen LogP contribution in [-0.4, -0.2) is 48.3 Å². The van der Waals surface area contributed by atoms with Crippen molar-refractivity contribution in [2.75, 3.05) is 26.2 Å². The van der Waals surface area contributed by atoms with Gasteiger partial charge in [0.05, 0.1) is 6.10 Å². The molecule has 1 fully saturated rings. The molecular weight excluding hydrogens is 188 g/mol. The van der Waals surface area contributed by atoms with E-state index in [2.05, 4.69) is 24.1 Å². The third-order valence-electron chi connectivity index (χ3n) is 2.79. The Bertz CT molecular complexity index is 155. The molecule has 0 aromatic carbocycles. The fraction of sp³-hybridized carbons (Fsp3) is 1.00. The first-order chi connectivity index (χ1) is 7.08.